The van der Waals surface area contributed by atoms with Crippen LogP contribution in [0.5, 0.6) is 0 Å². The molecule has 0 aromatic rings. The van der Waals surface area contributed by atoms with Gasteiger partial charge in [0.2, 0.25) is 0 Å². The first-order valence-corrected chi connectivity index (χ1v) is 4.18. The maximum atomic E-state index is 5.16. The molecule has 0 aromatic heterocycles. The number of unbranched alkanes of at least 4 members (excludes halogenated alkanes) is 1. The molecule has 2 nitrogen and oxygen atoms in total. The van der Waals surface area contributed by atoms with Gasteiger partial charge in [0.1, 0.15) is 6.79 Å². The van der Waals surface area contributed by atoms with Crippen molar-refractivity contribution in [3.63, 3.8) is 0 Å². The second-order valence-electron chi connectivity index (χ2n) is 2.37. The Morgan fingerprint density at radius 2 is 2.00 bits per heavy atom. The van der Waals surface area contributed by atoms with Crippen LogP contribution < -0.4 is 0 Å². The molecule has 0 aliphatic heterocycles. The van der Waals surface area contributed by atoms with E-state index in [1.807, 2.05) is 6.08 Å². The molecule has 0 unspecified atom stereocenters. The highest BCUT2D eigenvalue weighted by molar-refractivity contribution is 4.64. The van der Waals surface area contributed by atoms with Crippen molar-refractivity contribution in [1.29, 1.82) is 0 Å². The van der Waals surface area contributed by atoms with Crippen LogP contribution in [0, 0.1) is 0 Å². The molecule has 0 amide bonds. The molecule has 66 valence electrons. The smallest absolute Gasteiger partial charge is 0.146 e. The lowest BCUT2D eigenvalue weighted by Crippen LogP contribution is -2.01. The Morgan fingerprint density at radius 3 is 2.64 bits per heavy atom. The third-order valence-electron chi connectivity index (χ3n) is 1.28. The van der Waals surface area contributed by atoms with Crippen molar-refractivity contribution in [2.45, 2.75) is 26.2 Å². The number of ether oxygens (including phenoxy) is 2. The standard InChI is InChI=1S/C9H18O2/c1-3-5-7-10-9-11-8-6-4-2/h3H,1,4-9H2,2H3. The Labute approximate surface area is 69.2 Å². The SMILES string of the molecule is C=CCCOCOCCCC. The number of rotatable bonds is 8. The predicted octanol–water partition coefficient (Wildman–Crippen LogP) is 2.35. The van der Waals surface area contributed by atoms with Crippen LogP contribution in [-0.4, -0.2) is 20.0 Å². The van der Waals surface area contributed by atoms with Crippen molar-refractivity contribution in [3.05, 3.63) is 12.7 Å². The molecule has 2 heteroatoms. The van der Waals surface area contributed by atoms with Crippen LogP contribution in [0.4, 0.5) is 0 Å². The first-order chi connectivity index (χ1) is 5.41. The summed E-state index contributed by atoms with van der Waals surface area (Å²) >= 11 is 0. The summed E-state index contributed by atoms with van der Waals surface area (Å²) in [7, 11) is 0. The molecule has 0 N–H and O–H groups in total. The third kappa shape index (κ3) is 9.66. The summed E-state index contributed by atoms with van der Waals surface area (Å²) in [6.07, 6.45) is 5.03. The summed E-state index contributed by atoms with van der Waals surface area (Å²) in [6.45, 7) is 7.68. The fourth-order valence-electron chi connectivity index (χ4n) is 0.590. The Kier molecular flexibility index (Phi) is 9.36. The van der Waals surface area contributed by atoms with E-state index in [1.54, 1.807) is 0 Å². The van der Waals surface area contributed by atoms with Crippen LogP contribution in [0.3, 0.4) is 0 Å². The second kappa shape index (κ2) is 9.66. The molecule has 0 rings (SSSR count). The molecule has 0 saturated carbocycles. The molecule has 0 aliphatic carbocycles. The summed E-state index contributed by atoms with van der Waals surface area (Å²) in [6, 6.07) is 0. The molecular weight excluding hydrogens is 140 g/mol. The van der Waals surface area contributed by atoms with Crippen molar-refractivity contribution in [2.24, 2.45) is 0 Å². The van der Waals surface area contributed by atoms with E-state index in [-0.39, 0.29) is 0 Å². The van der Waals surface area contributed by atoms with Gasteiger partial charge in [-0.05, 0) is 12.8 Å². The zero-order chi connectivity index (χ0) is 8.36. The highest BCUT2D eigenvalue weighted by atomic mass is 16.7. The van der Waals surface area contributed by atoms with Gasteiger partial charge in [-0.1, -0.05) is 19.4 Å². The second-order valence-corrected chi connectivity index (χ2v) is 2.37. The third-order valence-corrected chi connectivity index (χ3v) is 1.28. The molecule has 0 radical (unpaired) electrons. The van der Waals surface area contributed by atoms with Gasteiger partial charge in [-0.3, -0.25) is 0 Å². The lowest BCUT2D eigenvalue weighted by atomic mass is 10.4. The van der Waals surface area contributed by atoms with Crippen LogP contribution in [0.1, 0.15) is 26.2 Å². The fourth-order valence-corrected chi connectivity index (χ4v) is 0.590. The molecule has 0 aromatic carbocycles. The summed E-state index contributed by atoms with van der Waals surface area (Å²) in [5.74, 6) is 0. The van der Waals surface area contributed by atoms with Gasteiger partial charge in [-0.25, -0.2) is 0 Å². The topological polar surface area (TPSA) is 18.5 Å². The average molecular weight is 158 g/mol. The summed E-state index contributed by atoms with van der Waals surface area (Å²) in [5.41, 5.74) is 0. The van der Waals surface area contributed by atoms with E-state index in [2.05, 4.69) is 13.5 Å². The van der Waals surface area contributed by atoms with Crippen molar-refractivity contribution < 1.29 is 9.47 Å². The van der Waals surface area contributed by atoms with E-state index in [4.69, 9.17) is 9.47 Å². The van der Waals surface area contributed by atoms with Gasteiger partial charge in [-0.2, -0.15) is 0 Å². The zero-order valence-electron chi connectivity index (χ0n) is 7.34. The van der Waals surface area contributed by atoms with E-state index in [9.17, 15) is 0 Å². The highest BCUT2D eigenvalue weighted by Crippen LogP contribution is 1.89. The van der Waals surface area contributed by atoms with Gasteiger partial charge < -0.3 is 9.47 Å². The summed E-state index contributed by atoms with van der Waals surface area (Å²) in [4.78, 5) is 0. The van der Waals surface area contributed by atoms with Crippen molar-refractivity contribution in [2.75, 3.05) is 20.0 Å². The van der Waals surface area contributed by atoms with Gasteiger partial charge in [0.15, 0.2) is 0 Å². The summed E-state index contributed by atoms with van der Waals surface area (Å²) < 4.78 is 10.3. The fraction of sp³-hybridized carbons (Fsp3) is 0.778. The number of hydrogen-bond acceptors (Lipinski definition) is 2. The van der Waals surface area contributed by atoms with E-state index in [1.165, 1.54) is 6.42 Å². The lowest BCUT2D eigenvalue weighted by molar-refractivity contribution is -0.0528. The summed E-state index contributed by atoms with van der Waals surface area (Å²) in [5, 5.41) is 0. The zero-order valence-corrected chi connectivity index (χ0v) is 7.34. The molecular formula is C9H18O2. The minimum Gasteiger partial charge on any atom is -0.355 e. The first-order valence-electron chi connectivity index (χ1n) is 4.18. The van der Waals surface area contributed by atoms with E-state index >= 15 is 0 Å². The van der Waals surface area contributed by atoms with Gasteiger partial charge >= 0.3 is 0 Å². The molecule has 0 aliphatic rings. The molecule has 0 bridgehead atoms. The van der Waals surface area contributed by atoms with Crippen LogP contribution in [0.2, 0.25) is 0 Å². The van der Waals surface area contributed by atoms with Crippen molar-refractivity contribution >= 4 is 0 Å². The van der Waals surface area contributed by atoms with Gasteiger partial charge in [0, 0.05) is 6.61 Å². The average Bonchev–Trinajstić information content (AvgIpc) is 2.03. The monoisotopic (exact) mass is 158 g/mol. The van der Waals surface area contributed by atoms with E-state index in [0.717, 1.165) is 26.1 Å². The van der Waals surface area contributed by atoms with Crippen molar-refractivity contribution in [3.8, 4) is 0 Å². The molecule has 0 spiro atoms. The van der Waals surface area contributed by atoms with Crippen molar-refractivity contribution in [1.82, 2.24) is 0 Å². The van der Waals surface area contributed by atoms with Crippen LogP contribution in [-0.2, 0) is 9.47 Å². The maximum Gasteiger partial charge on any atom is 0.146 e. The van der Waals surface area contributed by atoms with E-state index in [0.29, 0.717) is 6.79 Å². The Balaban J connectivity index is 2.74. The minimum absolute atomic E-state index is 0.424. The van der Waals surface area contributed by atoms with Gasteiger partial charge in [0.05, 0.1) is 6.61 Å². The Morgan fingerprint density at radius 1 is 1.27 bits per heavy atom. The Bertz CT molecular complexity index is 81.6. The van der Waals surface area contributed by atoms with Crippen LogP contribution in [0.25, 0.3) is 0 Å². The van der Waals surface area contributed by atoms with Crippen LogP contribution >= 0.6 is 0 Å². The lowest BCUT2D eigenvalue weighted by Gasteiger charge is -2.02. The van der Waals surface area contributed by atoms with Gasteiger partial charge in [-0.15, -0.1) is 6.58 Å². The normalized spacial score (nSPS) is 9.91. The molecule has 11 heavy (non-hydrogen) atoms. The largest absolute Gasteiger partial charge is 0.355 e. The Hall–Kier alpha value is -0.340. The molecule has 0 atom stereocenters. The quantitative estimate of drug-likeness (QED) is 0.307. The van der Waals surface area contributed by atoms with E-state index < -0.39 is 0 Å². The maximum absolute atomic E-state index is 5.16. The predicted molar refractivity (Wildman–Crippen MR) is 46.5 cm³/mol. The van der Waals surface area contributed by atoms with Crippen LogP contribution in [0.15, 0.2) is 12.7 Å². The highest BCUT2D eigenvalue weighted by Gasteiger charge is 1.86. The number of hydrogen-bond donors (Lipinski definition) is 0. The molecule has 0 saturated heterocycles. The first kappa shape index (κ1) is 10.7. The molecule has 0 heterocycles. The minimum atomic E-state index is 0.424. The molecule has 0 fully saturated rings. The van der Waals surface area contributed by atoms with Gasteiger partial charge in [0.25, 0.3) is 0 Å².